The predicted molar refractivity (Wildman–Crippen MR) is 70.8 cm³/mol. The number of nitrogens with zero attached hydrogens (tertiary/aromatic N) is 1. The number of halogens is 2. The Kier molecular flexibility index (Phi) is 5.29. The monoisotopic (exact) mass is 303 g/mol. The molecule has 1 rings (SSSR count). The normalized spacial score (nSPS) is 12.2. The summed E-state index contributed by atoms with van der Waals surface area (Å²) in [6, 6.07) is 7.77. The van der Waals surface area contributed by atoms with Crippen molar-refractivity contribution in [3.8, 4) is 0 Å². The minimum atomic E-state index is -0.0172. The van der Waals surface area contributed by atoms with Crippen molar-refractivity contribution in [3.05, 3.63) is 34.3 Å². The van der Waals surface area contributed by atoms with Gasteiger partial charge in [0.1, 0.15) is 0 Å². The van der Waals surface area contributed by atoms with Gasteiger partial charge >= 0.3 is 0 Å². The van der Waals surface area contributed by atoms with Crippen LogP contribution in [0, 0.1) is 0 Å². The van der Waals surface area contributed by atoms with Crippen molar-refractivity contribution in [2.75, 3.05) is 13.6 Å². The number of likely N-dealkylation sites (N-methyl/N-ethyl adjacent to an activating group) is 1. The van der Waals surface area contributed by atoms with Gasteiger partial charge in [-0.2, -0.15) is 0 Å². The third-order valence-corrected chi connectivity index (χ3v) is 2.83. The van der Waals surface area contributed by atoms with Crippen molar-refractivity contribution in [2.24, 2.45) is 0 Å². The van der Waals surface area contributed by atoms with E-state index in [0.29, 0.717) is 13.0 Å². The predicted octanol–water partition coefficient (Wildman–Crippen LogP) is 3.08. The number of rotatable bonds is 4. The first-order valence-corrected chi connectivity index (χ1v) is 6.34. The molecule has 0 aliphatic heterocycles. The maximum atomic E-state index is 11.8. The summed E-state index contributed by atoms with van der Waals surface area (Å²) in [5.74, 6) is 0.0885. The Hall–Kier alpha value is -0.540. The van der Waals surface area contributed by atoms with Crippen LogP contribution < -0.4 is 0 Å². The number of carbonyl (C=O) groups excluding carboxylic acids is 1. The van der Waals surface area contributed by atoms with Crippen LogP contribution in [-0.2, 0) is 11.2 Å². The van der Waals surface area contributed by atoms with Gasteiger partial charge in [0.25, 0.3) is 0 Å². The van der Waals surface area contributed by atoms with Crippen molar-refractivity contribution in [1.82, 2.24) is 4.90 Å². The van der Waals surface area contributed by atoms with Gasteiger partial charge in [0.15, 0.2) is 0 Å². The lowest BCUT2D eigenvalue weighted by atomic mass is 10.1. The molecule has 0 N–H and O–H groups in total. The zero-order valence-corrected chi connectivity index (χ0v) is 11.8. The summed E-state index contributed by atoms with van der Waals surface area (Å²) >= 11 is 9.23. The number of carbonyl (C=O) groups is 1. The van der Waals surface area contributed by atoms with Crippen LogP contribution >= 0.6 is 27.5 Å². The maximum Gasteiger partial charge on any atom is 0.226 e. The summed E-state index contributed by atoms with van der Waals surface area (Å²) in [6.45, 7) is 2.46. The van der Waals surface area contributed by atoms with Crippen LogP contribution in [0.1, 0.15) is 12.5 Å². The molecular weight excluding hydrogens is 289 g/mol. The Morgan fingerprint density at radius 3 is 2.81 bits per heavy atom. The van der Waals surface area contributed by atoms with Gasteiger partial charge in [-0.3, -0.25) is 4.79 Å². The standard InChI is InChI=1S/C12H15BrClNO/c1-9(14)8-15(2)12(16)7-10-4-3-5-11(13)6-10/h3-6,9H,7-8H2,1-2H3. The van der Waals surface area contributed by atoms with E-state index < -0.39 is 0 Å². The fraction of sp³-hybridized carbons (Fsp3) is 0.417. The molecular formula is C12H15BrClNO. The molecule has 1 amide bonds. The second kappa shape index (κ2) is 6.26. The second-order valence-electron chi connectivity index (χ2n) is 3.86. The van der Waals surface area contributed by atoms with E-state index in [4.69, 9.17) is 11.6 Å². The van der Waals surface area contributed by atoms with Gasteiger partial charge in [-0.25, -0.2) is 0 Å². The van der Waals surface area contributed by atoms with Gasteiger partial charge < -0.3 is 4.90 Å². The molecule has 16 heavy (non-hydrogen) atoms. The molecule has 0 saturated carbocycles. The SMILES string of the molecule is CC(Cl)CN(C)C(=O)Cc1cccc(Br)c1. The van der Waals surface area contributed by atoms with Gasteiger partial charge in [-0.1, -0.05) is 28.1 Å². The molecule has 0 spiro atoms. The second-order valence-corrected chi connectivity index (χ2v) is 5.52. The number of hydrogen-bond donors (Lipinski definition) is 0. The first-order valence-electron chi connectivity index (χ1n) is 5.11. The Bertz CT molecular complexity index is 368. The first kappa shape index (κ1) is 13.5. The van der Waals surface area contributed by atoms with Crippen LogP contribution in [0.5, 0.6) is 0 Å². The lowest BCUT2D eigenvalue weighted by Crippen LogP contribution is -2.32. The molecule has 1 aromatic rings. The Labute approximate surface area is 110 Å². The highest BCUT2D eigenvalue weighted by molar-refractivity contribution is 9.10. The molecule has 0 radical (unpaired) electrons. The molecule has 0 aliphatic rings. The molecule has 2 nitrogen and oxygen atoms in total. The molecule has 0 aliphatic carbocycles. The van der Waals surface area contributed by atoms with Gasteiger partial charge in [-0.05, 0) is 24.6 Å². The van der Waals surface area contributed by atoms with Gasteiger partial charge in [0.05, 0.1) is 6.42 Å². The first-order chi connectivity index (χ1) is 7.49. The topological polar surface area (TPSA) is 20.3 Å². The molecule has 0 bridgehead atoms. The number of benzene rings is 1. The number of hydrogen-bond acceptors (Lipinski definition) is 1. The van der Waals surface area contributed by atoms with E-state index in [0.717, 1.165) is 10.0 Å². The van der Waals surface area contributed by atoms with E-state index in [1.165, 1.54) is 0 Å². The number of alkyl halides is 1. The minimum absolute atomic E-state index is 0.0172. The molecule has 1 atom stereocenters. The average molecular weight is 305 g/mol. The van der Waals surface area contributed by atoms with Crippen LogP contribution in [-0.4, -0.2) is 29.8 Å². The van der Waals surface area contributed by atoms with Crippen LogP contribution in [0.2, 0.25) is 0 Å². The third kappa shape index (κ3) is 4.54. The van der Waals surface area contributed by atoms with Crippen molar-refractivity contribution in [1.29, 1.82) is 0 Å². The fourth-order valence-electron chi connectivity index (χ4n) is 1.44. The van der Waals surface area contributed by atoms with E-state index in [-0.39, 0.29) is 11.3 Å². The summed E-state index contributed by atoms with van der Waals surface area (Å²) in [4.78, 5) is 13.5. The van der Waals surface area contributed by atoms with E-state index in [9.17, 15) is 4.79 Å². The smallest absolute Gasteiger partial charge is 0.226 e. The van der Waals surface area contributed by atoms with Crippen molar-refractivity contribution < 1.29 is 4.79 Å². The van der Waals surface area contributed by atoms with E-state index >= 15 is 0 Å². The molecule has 0 aromatic heterocycles. The summed E-state index contributed by atoms with van der Waals surface area (Å²) in [5.41, 5.74) is 1.01. The molecule has 0 saturated heterocycles. The van der Waals surface area contributed by atoms with Gasteiger partial charge in [-0.15, -0.1) is 11.6 Å². The highest BCUT2D eigenvalue weighted by Gasteiger charge is 2.11. The third-order valence-electron chi connectivity index (χ3n) is 2.20. The van der Waals surface area contributed by atoms with Crippen molar-refractivity contribution >= 4 is 33.4 Å². The summed E-state index contributed by atoms with van der Waals surface area (Å²) in [6.07, 6.45) is 0.416. The summed E-state index contributed by atoms with van der Waals surface area (Å²) in [5, 5.41) is -0.0172. The lowest BCUT2D eigenvalue weighted by Gasteiger charge is -2.18. The van der Waals surface area contributed by atoms with Crippen molar-refractivity contribution in [2.45, 2.75) is 18.7 Å². The molecule has 1 unspecified atom stereocenters. The van der Waals surface area contributed by atoms with Gasteiger partial charge in [0.2, 0.25) is 5.91 Å². The summed E-state index contributed by atoms with van der Waals surface area (Å²) in [7, 11) is 1.78. The molecule has 4 heteroatoms. The molecule has 0 fully saturated rings. The van der Waals surface area contributed by atoms with Crippen molar-refractivity contribution in [3.63, 3.8) is 0 Å². The average Bonchev–Trinajstić information content (AvgIpc) is 2.16. The van der Waals surface area contributed by atoms with Crippen LogP contribution in [0.15, 0.2) is 28.7 Å². The lowest BCUT2D eigenvalue weighted by molar-refractivity contribution is -0.129. The highest BCUT2D eigenvalue weighted by Crippen LogP contribution is 2.12. The van der Waals surface area contributed by atoms with E-state index in [1.54, 1.807) is 11.9 Å². The molecule has 1 aromatic carbocycles. The Balaban J connectivity index is 2.57. The van der Waals surface area contributed by atoms with E-state index in [1.807, 2.05) is 31.2 Å². The maximum absolute atomic E-state index is 11.8. The quantitative estimate of drug-likeness (QED) is 0.783. The zero-order valence-electron chi connectivity index (χ0n) is 9.41. The van der Waals surface area contributed by atoms with E-state index in [2.05, 4.69) is 15.9 Å². The zero-order chi connectivity index (χ0) is 12.1. The highest BCUT2D eigenvalue weighted by atomic mass is 79.9. The van der Waals surface area contributed by atoms with Crippen LogP contribution in [0.25, 0.3) is 0 Å². The summed E-state index contributed by atoms with van der Waals surface area (Å²) < 4.78 is 0.992. The Morgan fingerprint density at radius 1 is 1.56 bits per heavy atom. The molecule has 0 heterocycles. The number of amides is 1. The van der Waals surface area contributed by atoms with Gasteiger partial charge in [0, 0.05) is 23.4 Å². The minimum Gasteiger partial charge on any atom is -0.344 e. The van der Waals surface area contributed by atoms with Crippen LogP contribution in [0.3, 0.4) is 0 Å². The molecule has 88 valence electrons. The largest absolute Gasteiger partial charge is 0.344 e. The Morgan fingerprint density at radius 2 is 2.25 bits per heavy atom. The van der Waals surface area contributed by atoms with Crippen LogP contribution in [0.4, 0.5) is 0 Å². The fourth-order valence-corrected chi connectivity index (χ4v) is 2.09.